The van der Waals surface area contributed by atoms with Crippen LogP contribution in [0.2, 0.25) is 0 Å². The normalized spacial score (nSPS) is 10.6. The second-order valence-corrected chi connectivity index (χ2v) is 4.07. The number of hydrogen-bond donors (Lipinski definition) is 6. The molecule has 12 nitrogen and oxygen atoms in total. The van der Waals surface area contributed by atoms with E-state index in [1.54, 1.807) is 0 Å². The fourth-order valence-corrected chi connectivity index (χ4v) is 0. The van der Waals surface area contributed by atoms with Crippen molar-refractivity contribution < 1.29 is 102 Å². The molecular weight excluding hydrogens is 499 g/mol. The van der Waals surface area contributed by atoms with Crippen molar-refractivity contribution in [2.75, 3.05) is 0 Å². The van der Waals surface area contributed by atoms with Crippen molar-refractivity contribution in [3.8, 4) is 0 Å². The fraction of sp³-hybridized carbons (Fsp3) is 0. The summed E-state index contributed by atoms with van der Waals surface area (Å²) in [6.45, 7) is 0. The molecule has 0 fully saturated rings. The van der Waals surface area contributed by atoms with E-state index in [0.29, 0.717) is 0 Å². The van der Waals surface area contributed by atoms with Crippen molar-refractivity contribution in [3.05, 3.63) is 0 Å². The summed E-state index contributed by atoms with van der Waals surface area (Å²) in [7, 11) is -20.2. The average molecular weight is 506 g/mol. The molecule has 0 aromatic rings. The second kappa shape index (κ2) is 39.6. The number of halogens is 6. The molecule has 0 saturated carbocycles. The van der Waals surface area contributed by atoms with Crippen LogP contribution in [0, 0.1) is 0 Å². The van der Waals surface area contributed by atoms with Crippen LogP contribution in [-0.4, -0.2) is 29.4 Å². The fourth-order valence-electron chi connectivity index (χ4n) is 0. The molecular formula is H7F6LiO12P6+6. The maximum atomic E-state index is 10.1. The van der Waals surface area contributed by atoms with E-state index in [2.05, 4.69) is 0 Å². The van der Waals surface area contributed by atoms with Gasteiger partial charge in [0.05, 0.1) is 25.2 Å². The first-order valence-electron chi connectivity index (χ1n) is 3.31. The van der Waals surface area contributed by atoms with Crippen molar-refractivity contribution in [1.29, 1.82) is 0 Å². The average Bonchev–Trinajstić information content (AvgIpc) is 2.08. The minimum absolute atomic E-state index is 0. The van der Waals surface area contributed by atoms with E-state index >= 15 is 0 Å². The summed E-state index contributed by atoms with van der Waals surface area (Å²) in [6.07, 6.45) is 0. The van der Waals surface area contributed by atoms with Gasteiger partial charge in [0.2, 0.25) is 0 Å². The van der Waals surface area contributed by atoms with Gasteiger partial charge in [-0.1, -0.05) is 0 Å². The van der Waals surface area contributed by atoms with Crippen molar-refractivity contribution in [2.45, 2.75) is 0 Å². The summed E-state index contributed by atoms with van der Waals surface area (Å²) in [4.78, 5) is 41.4. The van der Waals surface area contributed by atoms with Crippen LogP contribution in [0.25, 0.3) is 0 Å². The monoisotopic (exact) mass is 506 g/mol. The van der Waals surface area contributed by atoms with Gasteiger partial charge < -0.3 is 1.43 Å². The minimum Gasteiger partial charge on any atom is -1.00 e. The molecule has 0 aromatic heterocycles. The van der Waals surface area contributed by atoms with Crippen LogP contribution in [0.15, 0.2) is 0 Å². The Hall–Kier alpha value is 0.537. The quantitative estimate of drug-likeness (QED) is 0.152. The van der Waals surface area contributed by atoms with E-state index in [1.807, 2.05) is 0 Å². The van der Waals surface area contributed by atoms with Crippen LogP contribution in [0.1, 0.15) is 1.43 Å². The Labute approximate surface area is 152 Å². The van der Waals surface area contributed by atoms with Gasteiger partial charge in [0, 0.05) is 27.4 Å². The predicted molar refractivity (Wildman–Crippen MR) is 66.7 cm³/mol. The maximum absolute atomic E-state index is 10.1. The van der Waals surface area contributed by atoms with Gasteiger partial charge >= 0.3 is 68.9 Å². The molecule has 0 aliphatic carbocycles. The maximum Gasteiger partial charge on any atom is 1.00 e. The van der Waals surface area contributed by atoms with E-state index in [0.717, 1.165) is 0 Å². The summed E-state index contributed by atoms with van der Waals surface area (Å²) < 4.78 is 111. The van der Waals surface area contributed by atoms with Gasteiger partial charge in [-0.15, -0.1) is 29.4 Å². The Kier molecular flexibility index (Phi) is 70.8. The zero-order valence-electron chi connectivity index (χ0n) is 12.1. The van der Waals surface area contributed by atoms with Crippen molar-refractivity contribution in [3.63, 3.8) is 0 Å². The minimum atomic E-state index is -3.37. The van der Waals surface area contributed by atoms with E-state index in [1.165, 1.54) is 0 Å². The first-order valence-corrected chi connectivity index (χ1v) is 9.93. The van der Waals surface area contributed by atoms with E-state index in [9.17, 15) is 25.2 Å². The largest absolute Gasteiger partial charge is 1.00 e. The molecule has 0 spiro atoms. The van der Waals surface area contributed by atoms with Gasteiger partial charge in [0.15, 0.2) is 0 Å². The molecule has 0 aliphatic heterocycles. The molecule has 6 N–H and O–H groups in total. The summed E-state index contributed by atoms with van der Waals surface area (Å²) in [5, 5.41) is 0. The van der Waals surface area contributed by atoms with Crippen LogP contribution < -0.4 is 18.9 Å². The zero-order valence-corrected chi connectivity index (χ0v) is 16.5. The topological polar surface area (TPSA) is 224 Å². The molecule has 0 amide bonds. The molecule has 146 valence electrons. The molecule has 25 heavy (non-hydrogen) atoms. The Balaban J connectivity index is -0.0000000245. The van der Waals surface area contributed by atoms with Crippen LogP contribution >= 0.6 is 50.0 Å². The molecule has 6 unspecified atom stereocenters. The molecule has 0 aromatic carbocycles. The van der Waals surface area contributed by atoms with Crippen molar-refractivity contribution in [2.24, 2.45) is 0 Å². The van der Waals surface area contributed by atoms with Crippen LogP contribution in [0.5, 0.6) is 0 Å². The molecule has 25 heteroatoms. The van der Waals surface area contributed by atoms with Crippen LogP contribution in [0.3, 0.4) is 0 Å². The zero-order chi connectivity index (χ0) is 21.5. The third-order valence-corrected chi connectivity index (χ3v) is 0. The van der Waals surface area contributed by atoms with Crippen LogP contribution in [-0.2, 0) is 27.4 Å². The van der Waals surface area contributed by atoms with Gasteiger partial charge in [0.25, 0.3) is 0 Å². The van der Waals surface area contributed by atoms with Crippen molar-refractivity contribution in [1.82, 2.24) is 0 Å². The Morgan fingerprint density at radius 1 is 0.400 bits per heavy atom. The summed E-state index contributed by atoms with van der Waals surface area (Å²) in [5.74, 6) is 0. The van der Waals surface area contributed by atoms with Gasteiger partial charge in [0.1, 0.15) is 0 Å². The predicted octanol–water partition coefficient (Wildman–Crippen LogP) is 0.750. The van der Waals surface area contributed by atoms with E-state index < -0.39 is 50.0 Å². The third kappa shape index (κ3) is 43200. The van der Waals surface area contributed by atoms with Crippen molar-refractivity contribution >= 4 is 50.0 Å². The number of rotatable bonds is 0. The Morgan fingerprint density at radius 3 is 0.400 bits per heavy atom. The summed E-state index contributed by atoms with van der Waals surface area (Å²) in [5.41, 5.74) is 0. The Morgan fingerprint density at radius 2 is 0.400 bits per heavy atom. The third-order valence-electron chi connectivity index (χ3n) is 0. The van der Waals surface area contributed by atoms with Crippen LogP contribution in [0.4, 0.5) is 25.2 Å². The van der Waals surface area contributed by atoms with Gasteiger partial charge in [-0.05, 0) is 0 Å². The molecule has 0 saturated heterocycles. The summed E-state index contributed by atoms with van der Waals surface area (Å²) >= 11 is 0. The molecule has 0 radical (unpaired) electrons. The molecule has 0 aliphatic rings. The van der Waals surface area contributed by atoms with Gasteiger partial charge in [-0.3, -0.25) is 0 Å². The Bertz CT molecular complexity index is 279. The first kappa shape index (κ1) is 44.7. The number of hydrogen-bond acceptors (Lipinski definition) is 6. The standard InChI is InChI=1S/6FO2P.Li.H/c6*1-4(2)3;;/q;;;;;;+1;-1/p+6. The van der Waals surface area contributed by atoms with E-state index in [-0.39, 0.29) is 20.3 Å². The van der Waals surface area contributed by atoms with Gasteiger partial charge in [-0.25, -0.2) is 0 Å². The first-order chi connectivity index (χ1) is 10.4. The smallest absolute Gasteiger partial charge is 1.00 e. The molecule has 6 atom stereocenters. The second-order valence-electron chi connectivity index (χ2n) is 1.36. The van der Waals surface area contributed by atoms with Gasteiger partial charge in [-0.2, -0.15) is 0 Å². The van der Waals surface area contributed by atoms with E-state index in [4.69, 9.17) is 56.8 Å². The molecule has 0 bridgehead atoms. The molecule has 0 heterocycles. The SMILES string of the molecule is O=[P+](O)F.O=[P+](O)F.O=[P+](O)F.O=[P+](O)F.O=[P+](O)F.O=[P+](O)F.[H-].[Li+]. The molecule has 0 rings (SSSR count). The summed E-state index contributed by atoms with van der Waals surface area (Å²) in [6, 6.07) is 0.